The molecule has 0 aliphatic carbocycles. The number of rotatable bonds is 6. The maximum atomic E-state index is 5.75. The number of hydrogen-bond donors (Lipinski definition) is 1. The molecule has 3 nitrogen and oxygen atoms in total. The van der Waals surface area contributed by atoms with Gasteiger partial charge in [-0.15, -0.1) is 0 Å². The Labute approximate surface area is 121 Å². The average Bonchev–Trinajstić information content (AvgIpc) is 2.44. The Morgan fingerprint density at radius 1 is 1.16 bits per heavy atom. The lowest BCUT2D eigenvalue weighted by molar-refractivity contribution is 0.320. The molecule has 0 atom stereocenters. The van der Waals surface area contributed by atoms with E-state index in [9.17, 15) is 0 Å². The van der Waals surface area contributed by atoms with Gasteiger partial charge in [-0.3, -0.25) is 4.98 Å². The van der Waals surface area contributed by atoms with Crippen LogP contribution in [0.1, 0.15) is 11.3 Å². The molecule has 2 aromatic rings. The zero-order chi connectivity index (χ0) is 13.5. The summed E-state index contributed by atoms with van der Waals surface area (Å²) in [6.45, 7) is 1.26. The fourth-order valence-corrected chi connectivity index (χ4v) is 2.25. The van der Waals surface area contributed by atoms with E-state index in [2.05, 4.69) is 20.9 Å². The molecule has 0 fully saturated rings. The Morgan fingerprint density at radius 3 is 2.79 bits per heavy atom. The molecule has 0 saturated carbocycles. The van der Waals surface area contributed by atoms with Crippen LogP contribution in [0.25, 0.3) is 0 Å². The van der Waals surface area contributed by atoms with Crippen LogP contribution in [0.3, 0.4) is 0 Å². The second kappa shape index (κ2) is 7.26. The van der Waals surface area contributed by atoms with Crippen LogP contribution in [0.4, 0.5) is 0 Å². The number of benzene rings is 1. The summed E-state index contributed by atoms with van der Waals surface area (Å²) in [5.41, 5.74) is 7.81. The van der Waals surface area contributed by atoms with E-state index in [4.69, 9.17) is 10.5 Å². The number of hydrogen-bond acceptors (Lipinski definition) is 3. The molecule has 100 valence electrons. The molecule has 0 bridgehead atoms. The van der Waals surface area contributed by atoms with Gasteiger partial charge in [-0.2, -0.15) is 0 Å². The smallest absolute Gasteiger partial charge is 0.119 e. The van der Waals surface area contributed by atoms with Gasteiger partial charge in [0.05, 0.1) is 6.61 Å². The van der Waals surface area contributed by atoms with Crippen LogP contribution in [0.2, 0.25) is 0 Å². The Hall–Kier alpha value is -1.39. The third-order valence-corrected chi connectivity index (χ3v) is 3.56. The number of nitrogens with two attached hydrogens (primary N) is 1. The predicted molar refractivity (Wildman–Crippen MR) is 80.3 cm³/mol. The lowest BCUT2D eigenvalue weighted by atomic mass is 10.1. The molecule has 0 aliphatic heterocycles. The molecule has 0 radical (unpaired) electrons. The van der Waals surface area contributed by atoms with E-state index in [-0.39, 0.29) is 0 Å². The molecule has 0 saturated heterocycles. The number of pyridine rings is 1. The molecule has 0 aliphatic rings. The van der Waals surface area contributed by atoms with Crippen molar-refractivity contribution in [3.05, 3.63) is 58.3 Å². The molecule has 19 heavy (non-hydrogen) atoms. The quantitative estimate of drug-likeness (QED) is 0.890. The first-order valence-electron chi connectivity index (χ1n) is 6.31. The van der Waals surface area contributed by atoms with Crippen molar-refractivity contribution >= 4 is 15.9 Å². The Balaban J connectivity index is 1.91. The zero-order valence-electron chi connectivity index (χ0n) is 10.7. The van der Waals surface area contributed by atoms with Crippen molar-refractivity contribution in [1.82, 2.24) is 4.98 Å². The van der Waals surface area contributed by atoms with E-state index >= 15 is 0 Å². The van der Waals surface area contributed by atoms with Gasteiger partial charge in [-0.1, -0.05) is 22.0 Å². The Morgan fingerprint density at radius 2 is 2.05 bits per heavy atom. The van der Waals surface area contributed by atoms with E-state index in [1.165, 1.54) is 5.56 Å². The van der Waals surface area contributed by atoms with Crippen molar-refractivity contribution in [2.24, 2.45) is 5.73 Å². The van der Waals surface area contributed by atoms with Crippen LogP contribution in [0.15, 0.2) is 47.1 Å². The van der Waals surface area contributed by atoms with Crippen molar-refractivity contribution in [1.29, 1.82) is 0 Å². The van der Waals surface area contributed by atoms with Gasteiger partial charge in [0.15, 0.2) is 0 Å². The van der Waals surface area contributed by atoms with Crippen LogP contribution < -0.4 is 10.5 Å². The maximum absolute atomic E-state index is 5.75. The summed E-state index contributed by atoms with van der Waals surface area (Å²) in [6, 6.07) is 11.9. The topological polar surface area (TPSA) is 48.1 Å². The third-order valence-electron chi connectivity index (χ3n) is 2.78. The van der Waals surface area contributed by atoms with Crippen LogP contribution in [0, 0.1) is 0 Å². The third kappa shape index (κ3) is 4.33. The highest BCUT2D eigenvalue weighted by atomic mass is 79.9. The molecular weight excluding hydrogens is 304 g/mol. The number of aromatic nitrogens is 1. The van der Waals surface area contributed by atoms with E-state index in [0.29, 0.717) is 13.2 Å². The number of nitrogens with zero attached hydrogens (tertiary/aromatic N) is 1. The van der Waals surface area contributed by atoms with Crippen molar-refractivity contribution in [2.75, 3.05) is 13.2 Å². The molecule has 2 rings (SSSR count). The molecule has 0 unspecified atom stereocenters. The SMILES string of the molecule is NCCc1cc(OCCc2ccccn2)ccc1Br. The second-order valence-corrected chi connectivity index (χ2v) is 5.07. The fraction of sp³-hybridized carbons (Fsp3) is 0.267. The predicted octanol–water partition coefficient (Wildman–Crippen LogP) is 2.97. The van der Waals surface area contributed by atoms with Gasteiger partial charge in [-0.25, -0.2) is 0 Å². The highest BCUT2D eigenvalue weighted by molar-refractivity contribution is 9.10. The van der Waals surface area contributed by atoms with Crippen molar-refractivity contribution < 1.29 is 4.74 Å². The Bertz CT molecular complexity index is 517. The molecule has 1 heterocycles. The van der Waals surface area contributed by atoms with Gasteiger partial charge in [0.25, 0.3) is 0 Å². The summed E-state index contributed by atoms with van der Waals surface area (Å²) in [7, 11) is 0. The molecule has 0 amide bonds. The maximum Gasteiger partial charge on any atom is 0.119 e. The van der Waals surface area contributed by atoms with E-state index < -0.39 is 0 Å². The zero-order valence-corrected chi connectivity index (χ0v) is 12.3. The van der Waals surface area contributed by atoms with E-state index in [1.54, 1.807) is 6.20 Å². The summed E-state index contributed by atoms with van der Waals surface area (Å²) in [6.07, 6.45) is 3.45. The Kier molecular flexibility index (Phi) is 5.36. The minimum absolute atomic E-state index is 0.626. The standard InChI is InChI=1S/C15H17BrN2O/c16-15-5-4-14(11-12(15)6-8-17)19-10-7-13-3-1-2-9-18-13/h1-5,9,11H,6-8,10,17H2. The molecule has 1 aromatic carbocycles. The van der Waals surface area contributed by atoms with E-state index in [1.807, 2.05) is 36.4 Å². The highest BCUT2D eigenvalue weighted by Gasteiger charge is 2.02. The van der Waals surface area contributed by atoms with Gasteiger partial charge < -0.3 is 10.5 Å². The number of halogens is 1. The van der Waals surface area contributed by atoms with Crippen LogP contribution in [0.5, 0.6) is 5.75 Å². The van der Waals surface area contributed by atoms with Crippen LogP contribution in [-0.2, 0) is 12.8 Å². The molecule has 0 spiro atoms. The summed E-state index contributed by atoms with van der Waals surface area (Å²) >= 11 is 3.52. The summed E-state index contributed by atoms with van der Waals surface area (Å²) in [5, 5.41) is 0. The first-order chi connectivity index (χ1) is 9.29. The highest BCUT2D eigenvalue weighted by Crippen LogP contribution is 2.23. The number of ether oxygens (including phenoxy) is 1. The van der Waals surface area contributed by atoms with Crippen LogP contribution >= 0.6 is 15.9 Å². The molecule has 4 heteroatoms. The molecular formula is C15H17BrN2O. The first-order valence-corrected chi connectivity index (χ1v) is 7.10. The normalized spacial score (nSPS) is 10.4. The molecule has 1 aromatic heterocycles. The molecule has 2 N–H and O–H groups in total. The van der Waals surface area contributed by atoms with E-state index in [0.717, 1.165) is 28.8 Å². The average molecular weight is 321 g/mol. The van der Waals surface area contributed by atoms with Gasteiger partial charge in [0.1, 0.15) is 5.75 Å². The van der Waals surface area contributed by atoms with Crippen molar-refractivity contribution in [2.45, 2.75) is 12.8 Å². The van der Waals surface area contributed by atoms with Gasteiger partial charge in [0, 0.05) is 22.8 Å². The van der Waals surface area contributed by atoms with Crippen molar-refractivity contribution in [3.63, 3.8) is 0 Å². The second-order valence-electron chi connectivity index (χ2n) is 4.21. The first kappa shape index (κ1) is 14.0. The van der Waals surface area contributed by atoms with Gasteiger partial charge in [-0.05, 0) is 48.9 Å². The van der Waals surface area contributed by atoms with Crippen LogP contribution in [-0.4, -0.2) is 18.1 Å². The minimum atomic E-state index is 0.626. The minimum Gasteiger partial charge on any atom is -0.493 e. The summed E-state index contributed by atoms with van der Waals surface area (Å²) in [5.74, 6) is 0.877. The largest absolute Gasteiger partial charge is 0.493 e. The summed E-state index contributed by atoms with van der Waals surface area (Å²) in [4.78, 5) is 4.27. The lowest BCUT2D eigenvalue weighted by Crippen LogP contribution is -2.05. The van der Waals surface area contributed by atoms with Gasteiger partial charge in [0.2, 0.25) is 0 Å². The lowest BCUT2D eigenvalue weighted by Gasteiger charge is -2.09. The summed E-state index contributed by atoms with van der Waals surface area (Å²) < 4.78 is 6.83. The fourth-order valence-electron chi connectivity index (χ4n) is 1.81. The monoisotopic (exact) mass is 320 g/mol. The van der Waals surface area contributed by atoms with Crippen molar-refractivity contribution in [3.8, 4) is 5.75 Å². The van der Waals surface area contributed by atoms with Gasteiger partial charge >= 0.3 is 0 Å².